The van der Waals surface area contributed by atoms with Crippen molar-refractivity contribution in [3.8, 4) is 0 Å². The van der Waals surface area contributed by atoms with E-state index in [1.807, 2.05) is 4.90 Å². The molecule has 1 aliphatic carbocycles. The van der Waals surface area contributed by atoms with Crippen molar-refractivity contribution in [3.63, 3.8) is 0 Å². The number of nitrogens with zero attached hydrogens (tertiary/aromatic N) is 1. The number of rotatable bonds is 5. The SMILES string of the molecule is O=C(C1CCC(CNS(=O)(=O)c2ccc(Br)s2)CC1)N1CCC2(CC1)OCCO2. The number of ether oxygens (including phenoxy) is 2. The van der Waals surface area contributed by atoms with Gasteiger partial charge in [-0.3, -0.25) is 4.79 Å². The van der Waals surface area contributed by atoms with Gasteiger partial charge >= 0.3 is 0 Å². The van der Waals surface area contributed by atoms with Gasteiger partial charge in [0, 0.05) is 38.4 Å². The molecule has 1 spiro atoms. The molecule has 1 aromatic heterocycles. The van der Waals surface area contributed by atoms with Crippen molar-refractivity contribution in [2.24, 2.45) is 11.8 Å². The minimum atomic E-state index is -3.46. The van der Waals surface area contributed by atoms with Gasteiger partial charge in [-0.1, -0.05) is 0 Å². The van der Waals surface area contributed by atoms with Crippen LogP contribution in [0.1, 0.15) is 38.5 Å². The summed E-state index contributed by atoms with van der Waals surface area (Å²) in [5.74, 6) is 0.113. The number of carbonyl (C=O) groups excluding carboxylic acids is 1. The number of piperidine rings is 1. The molecule has 3 aliphatic rings. The number of sulfonamides is 1. The standard InChI is InChI=1S/C19H27BrN2O5S2/c20-16-5-6-17(28-16)29(24,25)21-13-14-1-3-15(4-2-14)18(23)22-9-7-19(8-10-22)26-11-12-27-19/h5-6,14-15,21H,1-4,7-13H2. The lowest BCUT2D eigenvalue weighted by Crippen LogP contribution is -2.49. The highest BCUT2D eigenvalue weighted by Gasteiger charge is 2.42. The highest BCUT2D eigenvalue weighted by Crippen LogP contribution is 2.34. The first kappa shape index (κ1) is 21.7. The normalized spacial score (nSPS) is 27.4. The molecule has 0 bridgehead atoms. The topological polar surface area (TPSA) is 84.9 Å². The van der Waals surface area contributed by atoms with Crippen LogP contribution in [0.4, 0.5) is 0 Å². The number of likely N-dealkylation sites (tertiary alicyclic amines) is 1. The maximum absolute atomic E-state index is 12.9. The maximum Gasteiger partial charge on any atom is 0.250 e. The molecule has 4 rings (SSSR count). The predicted molar refractivity (Wildman–Crippen MR) is 113 cm³/mol. The smallest absolute Gasteiger partial charge is 0.250 e. The Bertz CT molecular complexity index is 819. The molecular weight excluding hydrogens is 480 g/mol. The van der Waals surface area contributed by atoms with Crippen molar-refractivity contribution in [3.05, 3.63) is 15.9 Å². The summed E-state index contributed by atoms with van der Waals surface area (Å²) in [7, 11) is -3.46. The van der Waals surface area contributed by atoms with E-state index in [4.69, 9.17) is 9.47 Å². The molecular formula is C19H27BrN2O5S2. The Labute approximate surface area is 184 Å². The molecule has 1 saturated carbocycles. The molecule has 2 aliphatic heterocycles. The fourth-order valence-electron chi connectivity index (χ4n) is 4.47. The molecule has 3 fully saturated rings. The monoisotopic (exact) mass is 506 g/mol. The first-order valence-corrected chi connectivity index (χ1v) is 13.3. The number of thiophene rings is 1. The molecule has 10 heteroatoms. The Morgan fingerprint density at radius 1 is 1.17 bits per heavy atom. The lowest BCUT2D eigenvalue weighted by molar-refractivity contribution is -0.188. The molecule has 1 aromatic rings. The fraction of sp³-hybridized carbons (Fsp3) is 0.737. The van der Waals surface area contributed by atoms with Gasteiger partial charge in [0.1, 0.15) is 4.21 Å². The molecule has 2 saturated heterocycles. The van der Waals surface area contributed by atoms with Crippen LogP contribution in [0.2, 0.25) is 0 Å². The molecule has 0 radical (unpaired) electrons. The summed E-state index contributed by atoms with van der Waals surface area (Å²) in [4.78, 5) is 14.9. The summed E-state index contributed by atoms with van der Waals surface area (Å²) in [6.45, 7) is 3.10. The molecule has 162 valence electrons. The average molecular weight is 507 g/mol. The van der Waals surface area contributed by atoms with Crippen LogP contribution in [-0.2, 0) is 24.3 Å². The minimum Gasteiger partial charge on any atom is -0.347 e. The minimum absolute atomic E-state index is 0.0515. The Morgan fingerprint density at radius 3 is 2.41 bits per heavy atom. The van der Waals surface area contributed by atoms with Gasteiger partial charge in [-0.25, -0.2) is 13.1 Å². The van der Waals surface area contributed by atoms with E-state index < -0.39 is 15.8 Å². The Morgan fingerprint density at radius 2 is 1.83 bits per heavy atom. The van der Waals surface area contributed by atoms with E-state index in [-0.39, 0.29) is 17.7 Å². The van der Waals surface area contributed by atoms with Crippen LogP contribution >= 0.6 is 27.3 Å². The van der Waals surface area contributed by atoms with Crippen molar-refractivity contribution in [1.29, 1.82) is 0 Å². The molecule has 0 aromatic carbocycles. The van der Waals surface area contributed by atoms with Gasteiger partial charge in [-0.05, 0) is 59.7 Å². The van der Waals surface area contributed by atoms with Gasteiger partial charge in [0.2, 0.25) is 15.9 Å². The molecule has 7 nitrogen and oxygen atoms in total. The van der Waals surface area contributed by atoms with E-state index in [1.165, 1.54) is 11.3 Å². The number of hydrogen-bond acceptors (Lipinski definition) is 6. The number of amides is 1. The van der Waals surface area contributed by atoms with Crippen molar-refractivity contribution >= 4 is 43.2 Å². The van der Waals surface area contributed by atoms with Crippen molar-refractivity contribution < 1.29 is 22.7 Å². The van der Waals surface area contributed by atoms with Gasteiger partial charge in [0.25, 0.3) is 0 Å². The number of carbonyl (C=O) groups is 1. The fourth-order valence-corrected chi connectivity index (χ4v) is 7.64. The van der Waals surface area contributed by atoms with E-state index in [1.54, 1.807) is 12.1 Å². The third-order valence-electron chi connectivity index (χ3n) is 6.22. The summed E-state index contributed by atoms with van der Waals surface area (Å²) in [5.41, 5.74) is 0. The van der Waals surface area contributed by atoms with Gasteiger partial charge in [-0.2, -0.15) is 0 Å². The summed E-state index contributed by atoms with van der Waals surface area (Å²) >= 11 is 4.51. The van der Waals surface area contributed by atoms with E-state index in [2.05, 4.69) is 20.7 Å². The number of hydrogen-bond donors (Lipinski definition) is 1. The predicted octanol–water partition coefficient (Wildman–Crippen LogP) is 2.96. The van der Waals surface area contributed by atoms with Crippen LogP contribution in [0.25, 0.3) is 0 Å². The van der Waals surface area contributed by atoms with E-state index >= 15 is 0 Å². The summed E-state index contributed by atoms with van der Waals surface area (Å²) in [6, 6.07) is 3.35. The maximum atomic E-state index is 12.9. The third-order valence-corrected chi connectivity index (χ3v) is 9.76. The van der Waals surface area contributed by atoms with E-state index in [0.29, 0.717) is 37.1 Å². The second-order valence-electron chi connectivity index (χ2n) is 8.06. The van der Waals surface area contributed by atoms with Crippen molar-refractivity contribution in [2.45, 2.75) is 48.5 Å². The highest BCUT2D eigenvalue weighted by atomic mass is 79.9. The third kappa shape index (κ3) is 5.04. The van der Waals surface area contributed by atoms with Gasteiger partial charge in [0.15, 0.2) is 5.79 Å². The summed E-state index contributed by atoms with van der Waals surface area (Å²) in [5, 5.41) is 0. The van der Waals surface area contributed by atoms with Crippen molar-refractivity contribution in [2.75, 3.05) is 32.8 Å². The van der Waals surface area contributed by atoms with Gasteiger partial charge < -0.3 is 14.4 Å². The highest BCUT2D eigenvalue weighted by molar-refractivity contribution is 9.11. The molecule has 0 atom stereocenters. The molecule has 1 N–H and O–H groups in total. The Kier molecular flexibility index (Phi) is 6.67. The second kappa shape index (κ2) is 8.92. The van der Waals surface area contributed by atoms with Crippen LogP contribution in [0, 0.1) is 11.8 Å². The van der Waals surface area contributed by atoms with E-state index in [0.717, 1.165) is 42.3 Å². The second-order valence-corrected chi connectivity index (χ2v) is 12.5. The zero-order valence-corrected chi connectivity index (χ0v) is 19.5. The molecule has 29 heavy (non-hydrogen) atoms. The van der Waals surface area contributed by atoms with E-state index in [9.17, 15) is 13.2 Å². The largest absolute Gasteiger partial charge is 0.347 e. The quantitative estimate of drug-likeness (QED) is 0.663. The summed E-state index contributed by atoms with van der Waals surface area (Å²) < 4.78 is 40.1. The van der Waals surface area contributed by atoms with Crippen molar-refractivity contribution in [1.82, 2.24) is 9.62 Å². The van der Waals surface area contributed by atoms with Gasteiger partial charge in [-0.15, -0.1) is 11.3 Å². The summed E-state index contributed by atoms with van der Waals surface area (Å²) in [6.07, 6.45) is 4.88. The Hall–Kier alpha value is -0.520. The lowest BCUT2D eigenvalue weighted by Gasteiger charge is -2.39. The molecule has 1 amide bonds. The van der Waals surface area contributed by atoms with Crippen LogP contribution in [0.15, 0.2) is 20.1 Å². The van der Waals surface area contributed by atoms with Crippen LogP contribution < -0.4 is 4.72 Å². The lowest BCUT2D eigenvalue weighted by atomic mass is 9.81. The zero-order valence-electron chi connectivity index (χ0n) is 16.3. The van der Waals surface area contributed by atoms with Gasteiger partial charge in [0.05, 0.1) is 17.0 Å². The number of halogens is 1. The first-order valence-electron chi connectivity index (χ1n) is 10.2. The molecule has 0 unspecified atom stereocenters. The number of nitrogens with one attached hydrogen (secondary N) is 1. The van der Waals surface area contributed by atoms with Crippen LogP contribution in [-0.4, -0.2) is 57.9 Å². The average Bonchev–Trinajstić information content (AvgIpc) is 3.37. The van der Waals surface area contributed by atoms with Crippen LogP contribution in [0.5, 0.6) is 0 Å². The molecule has 3 heterocycles. The van der Waals surface area contributed by atoms with Crippen LogP contribution in [0.3, 0.4) is 0 Å². The first-order chi connectivity index (χ1) is 13.9. The zero-order chi connectivity index (χ0) is 20.5. The Balaban J connectivity index is 1.22.